The molecule has 1 aromatic heterocycles. The number of nitrogens with zero attached hydrogens (tertiary/aromatic N) is 2. The van der Waals surface area contributed by atoms with Gasteiger partial charge < -0.3 is 15.5 Å². The number of carbonyl (C=O) groups excluding carboxylic acids is 2. The number of aromatic nitrogens is 1. The van der Waals surface area contributed by atoms with Crippen LogP contribution in [0.2, 0.25) is 0 Å². The van der Waals surface area contributed by atoms with E-state index in [9.17, 15) is 24.6 Å². The third-order valence-corrected chi connectivity index (χ3v) is 6.37. The lowest BCUT2D eigenvalue weighted by atomic mass is 9.95. The molecule has 2 atom stereocenters. The van der Waals surface area contributed by atoms with E-state index in [4.69, 9.17) is 0 Å². The molecule has 0 fully saturated rings. The first-order chi connectivity index (χ1) is 13.6. The standard InChI is InChI=1S/C20H33N3O5S/c1-7-10-13(21-17(25)15(24)12(8-2)9-3)18(26)23(6)20-22-14(19(27)28)16(29-20)11(4)5/h11-13,15,24H,7-10H2,1-6H3,(H,21,25)(H,27,28)/t13-,15+/m0/s1. The molecule has 3 N–H and O–H groups in total. The van der Waals surface area contributed by atoms with Crippen LogP contribution in [0.5, 0.6) is 0 Å². The predicted octanol–water partition coefficient (Wildman–Crippen LogP) is 3.01. The lowest BCUT2D eigenvalue weighted by molar-refractivity contribution is -0.135. The Morgan fingerprint density at radius 3 is 2.17 bits per heavy atom. The summed E-state index contributed by atoms with van der Waals surface area (Å²) < 4.78 is 0. The van der Waals surface area contributed by atoms with Crippen LogP contribution in [0.3, 0.4) is 0 Å². The number of hydrogen-bond donors (Lipinski definition) is 3. The summed E-state index contributed by atoms with van der Waals surface area (Å²) in [5, 5.41) is 22.6. The van der Waals surface area contributed by atoms with Gasteiger partial charge in [-0.15, -0.1) is 11.3 Å². The Balaban J connectivity index is 3.06. The molecule has 0 aliphatic heterocycles. The molecule has 164 valence electrons. The summed E-state index contributed by atoms with van der Waals surface area (Å²) in [4.78, 5) is 42.9. The second kappa shape index (κ2) is 11.3. The van der Waals surface area contributed by atoms with Gasteiger partial charge in [-0.05, 0) is 18.3 Å². The highest BCUT2D eigenvalue weighted by molar-refractivity contribution is 7.16. The van der Waals surface area contributed by atoms with Gasteiger partial charge in [-0.1, -0.05) is 53.9 Å². The molecule has 9 heteroatoms. The second-order valence-corrected chi connectivity index (χ2v) is 8.45. The van der Waals surface area contributed by atoms with Gasteiger partial charge in [0.25, 0.3) is 5.91 Å². The molecule has 0 aliphatic carbocycles. The molecule has 29 heavy (non-hydrogen) atoms. The summed E-state index contributed by atoms with van der Waals surface area (Å²) >= 11 is 1.16. The summed E-state index contributed by atoms with van der Waals surface area (Å²) in [5.41, 5.74) is -0.0557. The molecule has 0 unspecified atom stereocenters. The van der Waals surface area contributed by atoms with Gasteiger partial charge in [0.1, 0.15) is 12.1 Å². The second-order valence-electron chi connectivity index (χ2n) is 7.44. The zero-order chi connectivity index (χ0) is 22.3. The van der Waals surface area contributed by atoms with E-state index in [0.717, 1.165) is 11.3 Å². The maximum atomic E-state index is 13.0. The number of carbonyl (C=O) groups is 3. The molecular formula is C20H33N3O5S. The van der Waals surface area contributed by atoms with Crippen molar-refractivity contribution in [3.8, 4) is 0 Å². The van der Waals surface area contributed by atoms with E-state index < -0.39 is 29.9 Å². The number of rotatable bonds is 11. The highest BCUT2D eigenvalue weighted by Crippen LogP contribution is 2.32. The maximum absolute atomic E-state index is 13.0. The molecule has 8 nitrogen and oxygen atoms in total. The third kappa shape index (κ3) is 6.24. The molecule has 1 heterocycles. The van der Waals surface area contributed by atoms with Crippen LogP contribution in [-0.2, 0) is 9.59 Å². The van der Waals surface area contributed by atoms with Crippen molar-refractivity contribution >= 4 is 34.3 Å². The topological polar surface area (TPSA) is 120 Å². The van der Waals surface area contributed by atoms with E-state index in [1.807, 2.05) is 34.6 Å². The van der Waals surface area contributed by atoms with Gasteiger partial charge in [0.2, 0.25) is 5.91 Å². The van der Waals surface area contributed by atoms with E-state index in [1.165, 1.54) is 11.9 Å². The van der Waals surface area contributed by atoms with Crippen LogP contribution >= 0.6 is 11.3 Å². The largest absolute Gasteiger partial charge is 0.476 e. The summed E-state index contributed by atoms with van der Waals surface area (Å²) in [5.74, 6) is -2.30. The smallest absolute Gasteiger partial charge is 0.355 e. The summed E-state index contributed by atoms with van der Waals surface area (Å²) in [6.45, 7) is 9.44. The number of aromatic carboxylic acids is 1. The van der Waals surface area contributed by atoms with E-state index in [1.54, 1.807) is 0 Å². The van der Waals surface area contributed by atoms with Crippen LogP contribution in [0.1, 0.15) is 81.6 Å². The molecule has 2 amide bonds. The number of amides is 2. The zero-order valence-electron chi connectivity index (χ0n) is 18.1. The average Bonchev–Trinajstić information content (AvgIpc) is 3.13. The monoisotopic (exact) mass is 427 g/mol. The molecular weight excluding hydrogens is 394 g/mol. The molecule has 1 aromatic rings. The lowest BCUT2D eigenvalue weighted by Gasteiger charge is -2.25. The van der Waals surface area contributed by atoms with E-state index in [-0.39, 0.29) is 22.7 Å². The van der Waals surface area contributed by atoms with Crippen LogP contribution in [0.4, 0.5) is 5.13 Å². The van der Waals surface area contributed by atoms with Crippen molar-refractivity contribution in [2.45, 2.75) is 78.4 Å². The molecule has 1 rings (SSSR count). The number of nitrogens with one attached hydrogen (secondary N) is 1. The highest BCUT2D eigenvalue weighted by atomic mass is 32.1. The van der Waals surface area contributed by atoms with Gasteiger partial charge in [0.05, 0.1) is 0 Å². The number of carboxylic acid groups (broad SMARTS) is 1. The van der Waals surface area contributed by atoms with Crippen molar-refractivity contribution in [1.82, 2.24) is 10.3 Å². The van der Waals surface area contributed by atoms with Crippen molar-refractivity contribution in [3.63, 3.8) is 0 Å². The van der Waals surface area contributed by atoms with Crippen LogP contribution in [0.15, 0.2) is 0 Å². The SMILES string of the molecule is CCC[C@H](NC(=O)[C@H](O)C(CC)CC)C(=O)N(C)c1nc(C(=O)O)c(C(C)C)s1. The van der Waals surface area contributed by atoms with E-state index in [0.29, 0.717) is 30.6 Å². The number of likely N-dealkylation sites (N-methyl/N-ethyl adjacent to an activating group) is 1. The fraction of sp³-hybridized carbons (Fsp3) is 0.700. The fourth-order valence-corrected chi connectivity index (χ4v) is 4.11. The Morgan fingerprint density at radius 2 is 1.76 bits per heavy atom. The minimum atomic E-state index is -1.17. The van der Waals surface area contributed by atoms with Gasteiger partial charge in [-0.3, -0.25) is 14.5 Å². The van der Waals surface area contributed by atoms with Crippen molar-refractivity contribution in [1.29, 1.82) is 0 Å². The Morgan fingerprint density at radius 1 is 1.17 bits per heavy atom. The van der Waals surface area contributed by atoms with Crippen LogP contribution in [-0.4, -0.2) is 52.2 Å². The molecule has 0 saturated carbocycles. The summed E-state index contributed by atoms with van der Waals surface area (Å²) in [6.07, 6.45) is 1.20. The number of carboxylic acids is 1. The first-order valence-electron chi connectivity index (χ1n) is 10.1. The lowest BCUT2D eigenvalue weighted by Crippen LogP contribution is -2.51. The molecule has 0 spiro atoms. The van der Waals surface area contributed by atoms with Gasteiger partial charge in [-0.25, -0.2) is 9.78 Å². The van der Waals surface area contributed by atoms with Gasteiger partial charge >= 0.3 is 5.97 Å². The van der Waals surface area contributed by atoms with Crippen molar-refractivity contribution in [2.24, 2.45) is 5.92 Å². The van der Waals surface area contributed by atoms with Crippen molar-refractivity contribution in [2.75, 3.05) is 11.9 Å². The maximum Gasteiger partial charge on any atom is 0.355 e. The normalized spacial score (nSPS) is 13.4. The summed E-state index contributed by atoms with van der Waals surface area (Å²) in [6, 6.07) is -0.818. The highest BCUT2D eigenvalue weighted by Gasteiger charge is 2.31. The average molecular weight is 428 g/mol. The number of aliphatic hydroxyl groups is 1. The number of anilines is 1. The Bertz CT molecular complexity index is 715. The minimum absolute atomic E-state index is 0.0443. The Labute approximate surface area is 176 Å². The molecule has 0 bridgehead atoms. The number of hydrogen-bond acceptors (Lipinski definition) is 6. The first-order valence-corrected chi connectivity index (χ1v) is 10.9. The van der Waals surface area contributed by atoms with Crippen LogP contribution < -0.4 is 10.2 Å². The zero-order valence-corrected chi connectivity index (χ0v) is 18.9. The Kier molecular flexibility index (Phi) is 9.72. The molecule has 0 aliphatic rings. The van der Waals surface area contributed by atoms with Gasteiger partial charge in [0, 0.05) is 11.9 Å². The van der Waals surface area contributed by atoms with Crippen LogP contribution in [0, 0.1) is 5.92 Å². The van der Waals surface area contributed by atoms with E-state index >= 15 is 0 Å². The van der Waals surface area contributed by atoms with Crippen LogP contribution in [0.25, 0.3) is 0 Å². The Hall–Kier alpha value is -2.00. The molecule has 0 saturated heterocycles. The first kappa shape index (κ1) is 25.0. The number of aliphatic hydroxyl groups excluding tert-OH is 1. The van der Waals surface area contributed by atoms with Crippen molar-refractivity contribution < 1.29 is 24.6 Å². The van der Waals surface area contributed by atoms with Crippen molar-refractivity contribution in [3.05, 3.63) is 10.6 Å². The van der Waals surface area contributed by atoms with Gasteiger partial charge in [0.15, 0.2) is 10.8 Å². The van der Waals surface area contributed by atoms with Gasteiger partial charge in [-0.2, -0.15) is 0 Å². The quantitative estimate of drug-likeness (QED) is 0.499. The third-order valence-electron chi connectivity index (χ3n) is 4.94. The minimum Gasteiger partial charge on any atom is -0.476 e. The number of thiazole rings is 1. The molecule has 0 radical (unpaired) electrons. The predicted molar refractivity (Wildman–Crippen MR) is 113 cm³/mol. The van der Waals surface area contributed by atoms with E-state index in [2.05, 4.69) is 10.3 Å². The fourth-order valence-electron chi connectivity index (χ4n) is 3.09. The summed E-state index contributed by atoms with van der Waals surface area (Å²) in [7, 11) is 1.52. The molecule has 0 aromatic carbocycles.